The van der Waals surface area contributed by atoms with Gasteiger partial charge < -0.3 is 14.8 Å². The maximum Gasteiger partial charge on any atom is 0.338 e. The Balaban J connectivity index is 1.33. The summed E-state index contributed by atoms with van der Waals surface area (Å²) in [5.74, 6) is 0.930. The number of ether oxygens (including phenoxy) is 2. The third-order valence-corrected chi connectivity index (χ3v) is 8.63. The molecule has 0 saturated heterocycles. The third-order valence-electron chi connectivity index (χ3n) is 6.50. The van der Waals surface area contributed by atoms with E-state index in [0.717, 1.165) is 26.0 Å². The van der Waals surface area contributed by atoms with Crippen molar-refractivity contribution in [2.24, 2.45) is 0 Å². The van der Waals surface area contributed by atoms with E-state index < -0.39 is 12.0 Å². The molecule has 1 atom stereocenters. The summed E-state index contributed by atoms with van der Waals surface area (Å²) >= 11 is 2.96. The molecule has 0 amide bonds. The summed E-state index contributed by atoms with van der Waals surface area (Å²) in [6.07, 6.45) is 0. The number of hydrogen-bond donors (Lipinski definition) is 1. The Morgan fingerprint density at radius 1 is 1.00 bits per heavy atom. The Bertz CT molecular complexity index is 1700. The average molecular weight is 584 g/mol. The fourth-order valence-corrected chi connectivity index (χ4v) is 6.29. The van der Waals surface area contributed by atoms with Crippen LogP contribution in [-0.2, 0) is 16.1 Å². The summed E-state index contributed by atoms with van der Waals surface area (Å²) in [5, 5.41) is 25.0. The highest BCUT2D eigenvalue weighted by atomic mass is 32.2. The number of nitrogens with one attached hydrogen (secondary N) is 1. The maximum atomic E-state index is 13.3. The molecule has 1 N–H and O–H groups in total. The van der Waals surface area contributed by atoms with Crippen LogP contribution in [0.3, 0.4) is 0 Å². The Labute approximate surface area is 244 Å². The lowest BCUT2D eigenvalue weighted by molar-refractivity contribution is -0.136. The van der Waals surface area contributed by atoms with Gasteiger partial charge in [-0.25, -0.2) is 4.79 Å². The number of para-hydroxylation sites is 1. The second-order valence-electron chi connectivity index (χ2n) is 9.20. The van der Waals surface area contributed by atoms with E-state index in [9.17, 15) is 4.79 Å². The number of tetrazole rings is 1. The molecule has 1 aliphatic heterocycles. The minimum atomic E-state index is -0.673. The largest absolute Gasteiger partial charge is 0.489 e. The highest BCUT2D eigenvalue weighted by molar-refractivity contribution is 8.01. The van der Waals surface area contributed by atoms with E-state index in [1.54, 1.807) is 4.68 Å². The van der Waals surface area contributed by atoms with E-state index in [1.165, 1.54) is 35.8 Å². The van der Waals surface area contributed by atoms with Gasteiger partial charge in [-0.05, 0) is 29.0 Å². The van der Waals surface area contributed by atoms with Gasteiger partial charge in [0.1, 0.15) is 23.4 Å². The minimum absolute atomic E-state index is 0.367. The van der Waals surface area contributed by atoms with Gasteiger partial charge in [0.05, 0.1) is 12.7 Å². The quantitative estimate of drug-likeness (QED) is 0.181. The number of benzene rings is 3. The highest BCUT2D eigenvalue weighted by Gasteiger charge is 2.37. The number of carbonyl (C=O) groups is 1. The molecule has 12 heteroatoms. The van der Waals surface area contributed by atoms with E-state index in [1.807, 2.05) is 85.8 Å². The molecule has 0 fully saturated rings. The average Bonchev–Trinajstić information content (AvgIpc) is 3.69. The Morgan fingerprint density at radius 3 is 2.59 bits per heavy atom. The molecule has 41 heavy (non-hydrogen) atoms. The second kappa shape index (κ2) is 11.9. The van der Waals surface area contributed by atoms with Crippen LogP contribution >= 0.6 is 23.1 Å². The van der Waals surface area contributed by atoms with Crippen LogP contribution in [0.2, 0.25) is 0 Å². The molecule has 5 aromatic rings. The molecule has 6 rings (SSSR count). The normalized spacial score (nSPS) is 14.3. The first-order chi connectivity index (χ1) is 20.1. The van der Waals surface area contributed by atoms with E-state index in [-0.39, 0.29) is 0 Å². The van der Waals surface area contributed by atoms with Gasteiger partial charge in [0.25, 0.3) is 0 Å². The fourth-order valence-electron chi connectivity index (χ4n) is 4.47. The summed E-state index contributed by atoms with van der Waals surface area (Å²) in [7, 11) is 1.36. The van der Waals surface area contributed by atoms with Crippen LogP contribution in [0.15, 0.2) is 94.5 Å². The van der Waals surface area contributed by atoms with Gasteiger partial charge in [-0.2, -0.15) is 4.68 Å². The van der Waals surface area contributed by atoms with Crippen molar-refractivity contribution in [1.29, 1.82) is 0 Å². The van der Waals surface area contributed by atoms with Crippen molar-refractivity contribution in [1.82, 2.24) is 30.4 Å². The molecule has 1 aliphatic rings. The topological polar surface area (TPSA) is 117 Å². The fraction of sp³-hybridized carbons (Fsp3) is 0.172. The van der Waals surface area contributed by atoms with Crippen molar-refractivity contribution in [3.05, 3.63) is 107 Å². The number of hydrogen-bond acceptors (Lipinski definition) is 11. The highest BCUT2D eigenvalue weighted by Crippen LogP contribution is 2.41. The molecule has 3 aromatic carbocycles. The van der Waals surface area contributed by atoms with Crippen molar-refractivity contribution < 1.29 is 14.3 Å². The summed E-state index contributed by atoms with van der Waals surface area (Å²) in [6, 6.07) is 25.0. The summed E-state index contributed by atoms with van der Waals surface area (Å²) in [6.45, 7) is 2.41. The van der Waals surface area contributed by atoms with Crippen LogP contribution in [-0.4, -0.2) is 49.2 Å². The maximum absolute atomic E-state index is 13.3. The van der Waals surface area contributed by atoms with Crippen LogP contribution in [0.25, 0.3) is 10.6 Å². The first-order valence-corrected chi connectivity index (χ1v) is 14.6. The van der Waals surface area contributed by atoms with Gasteiger partial charge in [-0.3, -0.25) is 0 Å². The Kier molecular flexibility index (Phi) is 7.74. The molecule has 0 bridgehead atoms. The van der Waals surface area contributed by atoms with Crippen LogP contribution in [0, 0.1) is 6.92 Å². The lowest BCUT2D eigenvalue weighted by Crippen LogP contribution is -2.31. The first-order valence-electron chi connectivity index (χ1n) is 12.8. The van der Waals surface area contributed by atoms with Crippen molar-refractivity contribution in [2.75, 3.05) is 18.2 Å². The molecule has 0 radical (unpaired) electrons. The third kappa shape index (κ3) is 5.70. The van der Waals surface area contributed by atoms with Gasteiger partial charge in [-0.1, -0.05) is 107 Å². The molecular formula is C29H25N7O3S2. The number of nitrogens with zero attached hydrogens (tertiary/aromatic N) is 6. The van der Waals surface area contributed by atoms with Gasteiger partial charge >= 0.3 is 5.97 Å². The standard InChI is InChI=1S/C29H25N7O3S2/c1-18-12-14-19(15-13-18)16-39-23-11-7-6-10-21(23)25-24(27(37)38-2)22(30-28-32-34-35-36(25)28)17-40-29-33-31-26(41-29)20-8-4-3-5-9-20/h3-15,25H,16-17H2,1-2H3,(H,30,32,35). The van der Waals surface area contributed by atoms with Crippen molar-refractivity contribution >= 4 is 35.0 Å². The minimum Gasteiger partial charge on any atom is -0.489 e. The van der Waals surface area contributed by atoms with Crippen LogP contribution < -0.4 is 10.1 Å². The molecule has 0 aliphatic carbocycles. The van der Waals surface area contributed by atoms with E-state index in [2.05, 4.69) is 31.0 Å². The zero-order valence-electron chi connectivity index (χ0n) is 22.2. The van der Waals surface area contributed by atoms with Crippen molar-refractivity contribution in [2.45, 2.75) is 23.9 Å². The second-order valence-corrected chi connectivity index (χ2v) is 11.4. The van der Waals surface area contributed by atoms with Gasteiger partial charge in [-0.15, -0.1) is 10.2 Å². The lowest BCUT2D eigenvalue weighted by Gasteiger charge is -2.29. The number of fused-ring (bicyclic) bond motifs is 1. The van der Waals surface area contributed by atoms with E-state index >= 15 is 0 Å². The van der Waals surface area contributed by atoms with E-state index in [4.69, 9.17) is 9.47 Å². The summed E-state index contributed by atoms with van der Waals surface area (Å²) < 4.78 is 13.9. The van der Waals surface area contributed by atoms with E-state index in [0.29, 0.717) is 35.3 Å². The summed E-state index contributed by atoms with van der Waals surface area (Å²) in [5.41, 5.74) is 4.96. The van der Waals surface area contributed by atoms with Crippen LogP contribution in [0.4, 0.5) is 5.95 Å². The number of thioether (sulfide) groups is 1. The smallest absolute Gasteiger partial charge is 0.338 e. The monoisotopic (exact) mass is 583 g/mol. The predicted octanol–water partition coefficient (Wildman–Crippen LogP) is 5.31. The van der Waals surface area contributed by atoms with Gasteiger partial charge in [0.15, 0.2) is 4.34 Å². The molecule has 2 aromatic heterocycles. The van der Waals surface area contributed by atoms with Crippen LogP contribution in [0.5, 0.6) is 5.75 Å². The first kappa shape index (κ1) is 26.7. The molecule has 206 valence electrons. The molecule has 10 nitrogen and oxygen atoms in total. The number of carbonyl (C=O) groups excluding carboxylic acids is 1. The zero-order chi connectivity index (χ0) is 28.2. The van der Waals surface area contributed by atoms with Crippen LogP contribution in [0.1, 0.15) is 22.7 Å². The van der Waals surface area contributed by atoms with Gasteiger partial charge in [0.2, 0.25) is 5.95 Å². The van der Waals surface area contributed by atoms with Crippen molar-refractivity contribution in [3.8, 4) is 16.3 Å². The number of rotatable bonds is 9. The molecule has 3 heterocycles. The number of aryl methyl sites for hydroxylation is 1. The molecule has 1 unspecified atom stereocenters. The van der Waals surface area contributed by atoms with Crippen molar-refractivity contribution in [3.63, 3.8) is 0 Å². The zero-order valence-corrected chi connectivity index (χ0v) is 23.9. The molecule has 0 spiro atoms. The Hall–Kier alpha value is -4.55. The lowest BCUT2D eigenvalue weighted by atomic mass is 9.95. The molecular weight excluding hydrogens is 558 g/mol. The van der Waals surface area contributed by atoms with Gasteiger partial charge in [0, 0.05) is 22.6 Å². The predicted molar refractivity (Wildman–Crippen MR) is 157 cm³/mol. The Morgan fingerprint density at radius 2 is 1.78 bits per heavy atom. The number of esters is 1. The molecule has 0 saturated carbocycles. The summed E-state index contributed by atoms with van der Waals surface area (Å²) in [4.78, 5) is 13.3. The number of anilines is 1. The SMILES string of the molecule is COC(=O)C1=C(CSc2nnc(-c3ccccc3)s2)Nc2nnnn2C1c1ccccc1OCc1ccc(C)cc1. The number of aromatic nitrogens is 6. The number of methoxy groups -OCH3 is 1.